The van der Waals surface area contributed by atoms with Gasteiger partial charge >= 0.3 is 5.97 Å². The molecule has 0 bridgehead atoms. The third-order valence-electron chi connectivity index (χ3n) is 7.46. The Morgan fingerprint density at radius 1 is 0.879 bits per heavy atom. The lowest BCUT2D eigenvalue weighted by molar-refractivity contribution is -0.870. The molecule has 0 amide bonds. The van der Waals surface area contributed by atoms with Gasteiger partial charge in [0.25, 0.3) is 0 Å². The van der Waals surface area contributed by atoms with Crippen molar-refractivity contribution in [1.29, 1.82) is 5.41 Å². The van der Waals surface area contributed by atoms with Crippen LogP contribution in [0, 0.1) is 5.41 Å². The maximum absolute atomic E-state index is 10.7. The quantitative estimate of drug-likeness (QED) is 0.0175. The lowest BCUT2D eigenvalue weighted by Gasteiger charge is -2.21. The molecule has 0 aromatic carbocycles. The third kappa shape index (κ3) is 57.8. The summed E-state index contributed by atoms with van der Waals surface area (Å²) in [6.45, 7) is 8.83. The number of carboxylic acid groups (broad SMARTS) is 1. The van der Waals surface area contributed by atoms with E-state index in [9.17, 15) is 24.0 Å². The summed E-state index contributed by atoms with van der Waals surface area (Å²) in [5.41, 5.74) is 34.9. The van der Waals surface area contributed by atoms with E-state index in [1.54, 1.807) is 14.0 Å². The molecule has 58 heavy (non-hydrogen) atoms. The van der Waals surface area contributed by atoms with Gasteiger partial charge in [0.1, 0.15) is 35.7 Å². The second-order valence-corrected chi connectivity index (χ2v) is 17.9. The zero-order valence-electron chi connectivity index (χ0n) is 36.7. The second-order valence-electron chi connectivity index (χ2n) is 14.6. The van der Waals surface area contributed by atoms with E-state index >= 15 is 0 Å². The fraction of sp³-hybridized carbons (Fsp3) is 0.811. The minimum Gasteiger partial charge on any atom is -0.480 e. The number of carboxylic acids is 1. The molecule has 1 aliphatic heterocycles. The average molecular weight is 890 g/mol. The molecule has 1 heterocycles. The maximum atomic E-state index is 10.7. The van der Waals surface area contributed by atoms with Gasteiger partial charge in [-0.2, -0.15) is 12.6 Å². The molecule has 0 aliphatic carbocycles. The van der Waals surface area contributed by atoms with Crippen LogP contribution in [-0.4, -0.2) is 156 Å². The van der Waals surface area contributed by atoms with Crippen LogP contribution < -0.4 is 40.1 Å². The average Bonchev–Trinajstić information content (AvgIpc) is 3.63. The number of aliphatic imine (C=N–C) groups is 1. The van der Waals surface area contributed by atoms with Gasteiger partial charge in [-0.1, -0.05) is 28.0 Å². The molecule has 1 fully saturated rings. The molecule has 18 N–H and O–H groups in total. The molecule has 0 aromatic heterocycles. The number of rotatable bonds is 22. The van der Waals surface area contributed by atoms with Crippen molar-refractivity contribution in [3.63, 3.8) is 0 Å². The Morgan fingerprint density at radius 2 is 1.41 bits per heavy atom. The molecular weight excluding hydrogens is 807 g/mol. The molecule has 21 heteroatoms. The Hall–Kier alpha value is -2.50. The minimum absolute atomic E-state index is 0.000278. The molecule has 4 atom stereocenters. The van der Waals surface area contributed by atoms with Crippen LogP contribution in [0.15, 0.2) is 4.99 Å². The smallest absolute Gasteiger partial charge is 0.320 e. The Kier molecular flexibility index (Phi) is 47.5. The lowest BCUT2D eigenvalue weighted by Crippen LogP contribution is -2.50. The first kappa shape index (κ1) is 64.6. The topological polar surface area (TPSA) is 349 Å². The maximum Gasteiger partial charge on any atom is 0.320 e. The Labute approximate surface area is 362 Å². The van der Waals surface area contributed by atoms with Crippen molar-refractivity contribution in [1.82, 2.24) is 4.90 Å². The number of quaternary nitrogens is 2. The zero-order chi connectivity index (χ0) is 46.3. The van der Waals surface area contributed by atoms with E-state index in [0.29, 0.717) is 37.3 Å². The number of ketones is 4. The SMILES string of the molecule is CC(=O)CCCC[C@@H]1CCSS1.CC(=O)CN(C)C(=N)N.CC(=O)[C@@H](N)CCCN=C(N)N.CC(=O)[C@@H](N)CCS.C[N+](C)(C)CCO.N[C@@H](CCCC[NH3+])C(=O)O. The van der Waals surface area contributed by atoms with E-state index in [4.69, 9.17) is 50.0 Å². The summed E-state index contributed by atoms with van der Waals surface area (Å²) < 4.78 is 0.844. The molecule has 1 saturated heterocycles. The molecule has 1 aliphatic rings. The first-order valence-electron chi connectivity index (χ1n) is 19.5. The molecular formula is C37H83N11O7S3+2. The number of nitrogens with two attached hydrogens (primary N) is 6. The van der Waals surface area contributed by atoms with Crippen molar-refractivity contribution >= 4 is 75.2 Å². The largest absolute Gasteiger partial charge is 0.480 e. The molecule has 0 radical (unpaired) electrons. The predicted molar refractivity (Wildman–Crippen MR) is 246 cm³/mol. The van der Waals surface area contributed by atoms with Crippen LogP contribution in [0.1, 0.15) is 98.3 Å². The molecule has 1 rings (SSSR count). The fourth-order valence-electron chi connectivity index (χ4n) is 3.76. The summed E-state index contributed by atoms with van der Waals surface area (Å²) >= 11 is 3.92. The van der Waals surface area contributed by atoms with Crippen LogP contribution >= 0.6 is 34.2 Å². The molecule has 0 unspecified atom stereocenters. The molecule has 0 aromatic rings. The Bertz CT molecular complexity index is 1120. The van der Waals surface area contributed by atoms with Crippen molar-refractivity contribution in [3.05, 3.63) is 0 Å². The van der Waals surface area contributed by atoms with E-state index < -0.39 is 12.0 Å². The van der Waals surface area contributed by atoms with Gasteiger partial charge in [0.15, 0.2) is 11.9 Å². The number of aliphatic carboxylic acids is 1. The van der Waals surface area contributed by atoms with Crippen LogP contribution in [0.3, 0.4) is 0 Å². The van der Waals surface area contributed by atoms with E-state index in [2.05, 4.69) is 44.5 Å². The highest BCUT2D eigenvalue weighted by Gasteiger charge is 2.15. The number of carbonyl (C=O) groups is 5. The number of aliphatic hydroxyl groups is 1. The number of nitrogens with one attached hydrogen (secondary N) is 1. The summed E-state index contributed by atoms with van der Waals surface area (Å²) in [6, 6.07) is -1.36. The van der Waals surface area contributed by atoms with Crippen molar-refractivity contribution in [2.24, 2.45) is 39.4 Å². The normalized spacial score (nSPS) is 14.1. The van der Waals surface area contributed by atoms with Crippen LogP contribution in [0.2, 0.25) is 0 Å². The van der Waals surface area contributed by atoms with E-state index in [0.717, 1.165) is 54.9 Å². The molecule has 18 nitrogen and oxygen atoms in total. The number of hydrogen-bond acceptors (Lipinski definition) is 14. The summed E-state index contributed by atoms with van der Waals surface area (Å²) in [5, 5.41) is 24.4. The van der Waals surface area contributed by atoms with Gasteiger partial charge in [0.05, 0.1) is 52.9 Å². The van der Waals surface area contributed by atoms with Crippen molar-refractivity contribution in [2.75, 3.05) is 72.5 Å². The minimum atomic E-state index is -0.913. The number of hydrogen-bond donors (Lipinski definition) is 11. The highest BCUT2D eigenvalue weighted by atomic mass is 33.1. The summed E-state index contributed by atoms with van der Waals surface area (Å²) in [4.78, 5) is 57.3. The van der Waals surface area contributed by atoms with Gasteiger partial charge in [0, 0.05) is 31.0 Å². The number of aliphatic hydroxyl groups excluding tert-OH is 1. The van der Waals surface area contributed by atoms with Gasteiger partial charge in [-0.25, -0.2) is 0 Å². The summed E-state index contributed by atoms with van der Waals surface area (Å²) in [6.07, 6.45) is 10.2. The number of carbonyl (C=O) groups excluding carboxylic acids is 4. The highest BCUT2D eigenvalue weighted by Crippen LogP contribution is 2.39. The van der Waals surface area contributed by atoms with Crippen molar-refractivity contribution in [3.8, 4) is 0 Å². The van der Waals surface area contributed by atoms with Gasteiger partial charge in [-0.15, -0.1) is 0 Å². The number of unbranched alkanes of at least 4 members (excludes halogenated alkanes) is 2. The number of guanidine groups is 2. The van der Waals surface area contributed by atoms with E-state index in [1.165, 1.54) is 50.7 Å². The van der Waals surface area contributed by atoms with Crippen LogP contribution in [-0.2, 0) is 24.0 Å². The standard InChI is InChI=1S/C9H16OS2.C7H16N4O.C6H14N2O2.C5H11N3O.C5H11NOS.C5H14NO/c1-8(10)4-2-3-5-9-6-7-11-12-9;1-5(12)6(8)3-2-4-11-7(9)10;7-4-2-1-3-5(8)6(9)10;1-4(9)3-8(2)5(6)7;1-4(7)5(6)2-3-8;1-6(2,3)4-5-7/h9H,2-7H2,1H3;6H,2-4,8H2,1H3,(H4,9,10,11);5H,1-4,7-8H2,(H,9,10);3H2,1-2H3,(H3,6,7);5,8H,2-3,6H2,1H3;7H,4-5H2,1-3H3/q;;;;;+1/p+1/t9-;6-;5-;;5-;/m100.0./s1. The van der Waals surface area contributed by atoms with Crippen molar-refractivity contribution in [2.45, 2.75) is 122 Å². The molecule has 344 valence electrons. The first-order valence-corrected chi connectivity index (χ1v) is 22.5. The van der Waals surface area contributed by atoms with Gasteiger partial charge in [0.2, 0.25) is 0 Å². The zero-order valence-corrected chi connectivity index (χ0v) is 39.3. The monoisotopic (exact) mass is 890 g/mol. The fourth-order valence-corrected chi connectivity index (χ4v) is 7.06. The highest BCUT2D eigenvalue weighted by molar-refractivity contribution is 8.77. The van der Waals surface area contributed by atoms with Crippen molar-refractivity contribution < 1.29 is 44.4 Å². The first-order chi connectivity index (χ1) is 26.8. The van der Waals surface area contributed by atoms with Gasteiger partial charge in [-0.3, -0.25) is 29.6 Å². The third-order valence-corrected chi connectivity index (χ3v) is 10.7. The predicted octanol–water partition coefficient (Wildman–Crippen LogP) is 0.364. The Morgan fingerprint density at radius 3 is 1.72 bits per heavy atom. The van der Waals surface area contributed by atoms with Crippen LogP contribution in [0.4, 0.5) is 0 Å². The van der Waals surface area contributed by atoms with E-state index in [-0.39, 0.29) is 54.5 Å². The van der Waals surface area contributed by atoms with Gasteiger partial charge < -0.3 is 64.5 Å². The molecule has 0 saturated carbocycles. The second kappa shape index (κ2) is 42.6. The molecule has 0 spiro atoms. The Balaban J connectivity index is -0.000000196. The number of likely N-dealkylation sites (N-methyl/N-ethyl adjacent to an activating group) is 2. The number of thiol groups is 1. The van der Waals surface area contributed by atoms with Gasteiger partial charge in [-0.05, 0) is 91.2 Å². The number of Topliss-reactive ketones (excluding diaryl/α,β-unsaturated/α-hetero) is 4. The lowest BCUT2D eigenvalue weighted by atomic mass is 10.1. The van der Waals surface area contributed by atoms with Crippen LogP contribution in [0.5, 0.6) is 0 Å². The summed E-state index contributed by atoms with van der Waals surface area (Å²) in [7, 11) is 11.8. The summed E-state index contributed by atoms with van der Waals surface area (Å²) in [5.74, 6) is 1.47. The van der Waals surface area contributed by atoms with Crippen LogP contribution in [0.25, 0.3) is 0 Å². The number of nitrogens with zero attached hydrogens (tertiary/aromatic N) is 3. The van der Waals surface area contributed by atoms with E-state index in [1.807, 2.05) is 21.6 Å².